The third-order valence-electron chi connectivity index (χ3n) is 4.23. The van der Waals surface area contributed by atoms with E-state index < -0.39 is 0 Å². The molecule has 0 aromatic heterocycles. The van der Waals surface area contributed by atoms with Gasteiger partial charge < -0.3 is 15.3 Å². The molecule has 22 heavy (non-hydrogen) atoms. The van der Waals surface area contributed by atoms with Crippen LogP contribution in [0.1, 0.15) is 31.7 Å². The van der Waals surface area contributed by atoms with Crippen LogP contribution in [-0.4, -0.2) is 41.7 Å². The zero-order chi connectivity index (χ0) is 15.9. The highest BCUT2D eigenvalue weighted by molar-refractivity contribution is 5.81. The summed E-state index contributed by atoms with van der Waals surface area (Å²) in [4.78, 5) is 14.2. The SMILES string of the molecule is CC1CCC(N(CCO)C(=O)CNc2ccc(C#N)cc2)C1. The summed E-state index contributed by atoms with van der Waals surface area (Å²) < 4.78 is 0. The lowest BCUT2D eigenvalue weighted by Gasteiger charge is -2.29. The van der Waals surface area contributed by atoms with Gasteiger partial charge in [-0.05, 0) is 49.4 Å². The summed E-state index contributed by atoms with van der Waals surface area (Å²) in [5.41, 5.74) is 1.41. The molecule has 2 rings (SSSR count). The number of hydrogen-bond donors (Lipinski definition) is 2. The largest absolute Gasteiger partial charge is 0.395 e. The maximum absolute atomic E-state index is 12.4. The highest BCUT2D eigenvalue weighted by atomic mass is 16.3. The van der Waals surface area contributed by atoms with Gasteiger partial charge in [-0.15, -0.1) is 0 Å². The standard InChI is InChI=1S/C17H23N3O2/c1-13-2-7-16(10-13)20(8-9-21)17(22)12-19-15-5-3-14(11-18)4-6-15/h3-6,13,16,19,21H,2,7-10,12H2,1H3. The van der Waals surface area contributed by atoms with Crippen LogP contribution in [0.15, 0.2) is 24.3 Å². The average molecular weight is 301 g/mol. The van der Waals surface area contributed by atoms with Gasteiger partial charge in [-0.2, -0.15) is 5.26 Å². The minimum Gasteiger partial charge on any atom is -0.395 e. The van der Waals surface area contributed by atoms with Crippen molar-refractivity contribution < 1.29 is 9.90 Å². The van der Waals surface area contributed by atoms with Gasteiger partial charge in [-0.25, -0.2) is 0 Å². The molecule has 1 amide bonds. The van der Waals surface area contributed by atoms with E-state index in [-0.39, 0.29) is 25.1 Å². The maximum Gasteiger partial charge on any atom is 0.242 e. The number of hydrogen-bond acceptors (Lipinski definition) is 4. The Labute approximate surface area is 131 Å². The van der Waals surface area contributed by atoms with Crippen molar-refractivity contribution in [1.82, 2.24) is 4.90 Å². The molecule has 1 aliphatic carbocycles. The first-order valence-corrected chi connectivity index (χ1v) is 7.78. The van der Waals surface area contributed by atoms with Crippen LogP contribution in [0, 0.1) is 17.2 Å². The van der Waals surface area contributed by atoms with E-state index in [1.165, 1.54) is 0 Å². The summed E-state index contributed by atoms with van der Waals surface area (Å²) >= 11 is 0. The summed E-state index contributed by atoms with van der Waals surface area (Å²) in [6.07, 6.45) is 3.18. The molecule has 5 heteroatoms. The normalized spacial score (nSPS) is 20.4. The number of aliphatic hydroxyl groups is 1. The van der Waals surface area contributed by atoms with Crippen LogP contribution >= 0.6 is 0 Å². The predicted molar refractivity (Wildman–Crippen MR) is 85.2 cm³/mol. The molecule has 5 nitrogen and oxygen atoms in total. The second-order valence-corrected chi connectivity index (χ2v) is 5.93. The Balaban J connectivity index is 1.91. The quantitative estimate of drug-likeness (QED) is 0.842. The number of carbonyl (C=O) groups excluding carboxylic acids is 1. The summed E-state index contributed by atoms with van der Waals surface area (Å²) in [5, 5.41) is 21.1. The number of nitriles is 1. The van der Waals surface area contributed by atoms with Gasteiger partial charge in [-0.1, -0.05) is 6.92 Å². The monoisotopic (exact) mass is 301 g/mol. The molecule has 2 N–H and O–H groups in total. The van der Waals surface area contributed by atoms with Crippen molar-refractivity contribution in [2.24, 2.45) is 5.92 Å². The van der Waals surface area contributed by atoms with E-state index in [0.717, 1.165) is 24.9 Å². The van der Waals surface area contributed by atoms with Crippen molar-refractivity contribution in [3.8, 4) is 6.07 Å². The van der Waals surface area contributed by atoms with Gasteiger partial charge in [0.05, 0.1) is 24.8 Å². The molecule has 0 bridgehead atoms. The number of aliphatic hydroxyl groups excluding tert-OH is 1. The lowest BCUT2D eigenvalue weighted by atomic mass is 10.1. The van der Waals surface area contributed by atoms with Gasteiger partial charge in [0.2, 0.25) is 5.91 Å². The Bertz CT molecular complexity index is 536. The van der Waals surface area contributed by atoms with E-state index in [9.17, 15) is 9.90 Å². The Hall–Kier alpha value is -2.06. The highest BCUT2D eigenvalue weighted by Gasteiger charge is 2.29. The summed E-state index contributed by atoms with van der Waals surface area (Å²) in [5.74, 6) is 0.656. The first-order chi connectivity index (χ1) is 10.6. The molecular weight excluding hydrogens is 278 g/mol. The van der Waals surface area contributed by atoms with Crippen molar-refractivity contribution in [2.75, 3.05) is 25.0 Å². The lowest BCUT2D eigenvalue weighted by molar-refractivity contribution is -0.132. The summed E-state index contributed by atoms with van der Waals surface area (Å²) in [6.45, 7) is 2.80. The molecule has 0 heterocycles. The van der Waals surface area contributed by atoms with E-state index >= 15 is 0 Å². The fraction of sp³-hybridized carbons (Fsp3) is 0.529. The molecule has 0 radical (unpaired) electrons. The Morgan fingerprint density at radius 2 is 2.14 bits per heavy atom. The van der Waals surface area contributed by atoms with Crippen molar-refractivity contribution in [3.63, 3.8) is 0 Å². The second kappa shape index (κ2) is 7.81. The molecule has 1 aromatic carbocycles. The molecule has 0 spiro atoms. The molecule has 0 aliphatic heterocycles. The van der Waals surface area contributed by atoms with Crippen LogP contribution in [0.25, 0.3) is 0 Å². The number of rotatable bonds is 6. The molecular formula is C17H23N3O2. The van der Waals surface area contributed by atoms with Crippen LogP contribution in [-0.2, 0) is 4.79 Å². The van der Waals surface area contributed by atoms with Crippen molar-refractivity contribution >= 4 is 11.6 Å². The molecule has 1 aromatic rings. The van der Waals surface area contributed by atoms with Crippen molar-refractivity contribution in [2.45, 2.75) is 32.2 Å². The van der Waals surface area contributed by atoms with Gasteiger partial charge in [0.25, 0.3) is 0 Å². The zero-order valence-electron chi connectivity index (χ0n) is 13.0. The summed E-state index contributed by atoms with van der Waals surface area (Å²) in [7, 11) is 0. The highest BCUT2D eigenvalue weighted by Crippen LogP contribution is 2.28. The van der Waals surface area contributed by atoms with Crippen molar-refractivity contribution in [1.29, 1.82) is 5.26 Å². The number of anilines is 1. The fourth-order valence-corrected chi connectivity index (χ4v) is 3.02. The van der Waals surface area contributed by atoms with Gasteiger partial charge in [0.1, 0.15) is 0 Å². The molecule has 2 atom stereocenters. The molecule has 0 saturated heterocycles. The van der Waals surface area contributed by atoms with Gasteiger partial charge in [0, 0.05) is 18.3 Å². The van der Waals surface area contributed by atoms with E-state index in [4.69, 9.17) is 5.26 Å². The molecule has 118 valence electrons. The van der Waals surface area contributed by atoms with E-state index in [1.54, 1.807) is 29.2 Å². The third kappa shape index (κ3) is 4.22. The number of nitrogens with one attached hydrogen (secondary N) is 1. The van der Waals surface area contributed by atoms with Crippen LogP contribution in [0.3, 0.4) is 0 Å². The molecule has 1 fully saturated rings. The Kier molecular flexibility index (Phi) is 5.79. The summed E-state index contributed by atoms with van der Waals surface area (Å²) in [6, 6.07) is 9.33. The van der Waals surface area contributed by atoms with Crippen LogP contribution in [0.2, 0.25) is 0 Å². The smallest absolute Gasteiger partial charge is 0.242 e. The minimum atomic E-state index is -0.00646. The maximum atomic E-state index is 12.4. The third-order valence-corrected chi connectivity index (χ3v) is 4.23. The predicted octanol–water partition coefficient (Wildman–Crippen LogP) is 1.98. The van der Waals surface area contributed by atoms with Gasteiger partial charge >= 0.3 is 0 Å². The fourth-order valence-electron chi connectivity index (χ4n) is 3.02. The zero-order valence-corrected chi connectivity index (χ0v) is 13.0. The first-order valence-electron chi connectivity index (χ1n) is 7.78. The molecule has 1 aliphatic rings. The first kappa shape index (κ1) is 16.3. The number of benzene rings is 1. The number of nitrogens with zero attached hydrogens (tertiary/aromatic N) is 2. The number of carbonyl (C=O) groups is 1. The van der Waals surface area contributed by atoms with Crippen LogP contribution < -0.4 is 5.32 Å². The Morgan fingerprint density at radius 3 is 2.68 bits per heavy atom. The average Bonchev–Trinajstić information content (AvgIpc) is 2.97. The second-order valence-electron chi connectivity index (χ2n) is 5.93. The van der Waals surface area contributed by atoms with E-state index in [0.29, 0.717) is 18.0 Å². The molecule has 1 saturated carbocycles. The molecule has 2 unspecified atom stereocenters. The lowest BCUT2D eigenvalue weighted by Crippen LogP contribution is -2.43. The van der Waals surface area contributed by atoms with Gasteiger partial charge in [-0.3, -0.25) is 4.79 Å². The van der Waals surface area contributed by atoms with E-state index in [1.807, 2.05) is 0 Å². The van der Waals surface area contributed by atoms with Crippen LogP contribution in [0.5, 0.6) is 0 Å². The number of amides is 1. The van der Waals surface area contributed by atoms with Crippen LogP contribution in [0.4, 0.5) is 5.69 Å². The minimum absolute atomic E-state index is 0.00646. The van der Waals surface area contributed by atoms with Gasteiger partial charge in [0.15, 0.2) is 0 Å². The van der Waals surface area contributed by atoms with Crippen molar-refractivity contribution in [3.05, 3.63) is 29.8 Å². The topological polar surface area (TPSA) is 76.4 Å². The van der Waals surface area contributed by atoms with E-state index in [2.05, 4.69) is 18.3 Å². The Morgan fingerprint density at radius 1 is 1.41 bits per heavy atom.